The van der Waals surface area contributed by atoms with Crippen LogP contribution in [-0.2, 0) is 22.6 Å². The number of carbonyl (C=O) groups excluding carboxylic acids is 2. The molecule has 7 heteroatoms. The summed E-state index contributed by atoms with van der Waals surface area (Å²) in [6, 6.07) is 15.1. The number of terminal acetylenes is 1. The maximum Gasteiger partial charge on any atom is 0.247 e. The van der Waals surface area contributed by atoms with Crippen molar-refractivity contribution in [1.29, 1.82) is 0 Å². The number of anilines is 1. The Morgan fingerprint density at radius 3 is 2.88 bits per heavy atom. The number of nitrogens with zero attached hydrogens (tertiary/aromatic N) is 1. The number of H-pyrrole nitrogens is 1. The topological polar surface area (TPSA) is 109 Å². The van der Waals surface area contributed by atoms with E-state index in [1.807, 2.05) is 54.7 Å². The number of nitrogens with one attached hydrogen (secondary N) is 4. The highest BCUT2D eigenvalue weighted by Crippen LogP contribution is 2.27. The lowest BCUT2D eigenvalue weighted by Gasteiger charge is -2.34. The van der Waals surface area contributed by atoms with Crippen molar-refractivity contribution in [2.45, 2.75) is 37.5 Å². The number of fused-ring (bicyclic) bond motifs is 2. The number of amides is 2. The third-order valence-electron chi connectivity index (χ3n) is 6.24. The molecule has 0 radical (unpaired) electrons. The van der Waals surface area contributed by atoms with Crippen molar-refractivity contribution < 1.29 is 9.59 Å². The van der Waals surface area contributed by atoms with E-state index in [4.69, 9.17) is 6.42 Å². The van der Waals surface area contributed by atoms with E-state index in [1.54, 1.807) is 11.0 Å². The summed E-state index contributed by atoms with van der Waals surface area (Å²) in [4.78, 5) is 31.3. The maximum atomic E-state index is 13.4. The predicted octanol–water partition coefficient (Wildman–Crippen LogP) is 2.83. The van der Waals surface area contributed by atoms with E-state index in [2.05, 4.69) is 27.1 Å². The lowest BCUT2D eigenvalue weighted by atomic mass is 9.97. The van der Waals surface area contributed by atoms with Gasteiger partial charge in [-0.2, -0.15) is 0 Å². The van der Waals surface area contributed by atoms with Gasteiger partial charge in [0.25, 0.3) is 0 Å². The van der Waals surface area contributed by atoms with Crippen molar-refractivity contribution >= 4 is 28.4 Å². The van der Waals surface area contributed by atoms with Crippen LogP contribution in [0.2, 0.25) is 0 Å². The molecule has 0 saturated carbocycles. The SMILES string of the molecule is C#CCCC1(C=CC(=O)N(Cc2ccc3[nH]ccc3c2)C2Cc3ccccc3NC2=O)NN1. The van der Waals surface area contributed by atoms with Gasteiger partial charge in [-0.05, 0) is 53.3 Å². The average Bonchev–Trinajstić information content (AvgIpc) is 3.45. The fraction of sp³-hybridized carbons (Fsp3) is 0.231. The van der Waals surface area contributed by atoms with Crippen LogP contribution >= 0.6 is 0 Å². The molecule has 2 amide bonds. The van der Waals surface area contributed by atoms with Crippen LogP contribution in [0.1, 0.15) is 24.0 Å². The first-order chi connectivity index (χ1) is 16.1. The fourth-order valence-electron chi connectivity index (χ4n) is 4.28. The number of aromatic nitrogens is 1. The number of benzene rings is 2. The van der Waals surface area contributed by atoms with Crippen LogP contribution < -0.4 is 16.2 Å². The minimum Gasteiger partial charge on any atom is -0.361 e. The molecular weight excluding hydrogens is 414 g/mol. The molecule has 1 fully saturated rings. The molecular formula is C26H25N5O2. The quantitative estimate of drug-likeness (QED) is 0.258. The molecule has 0 bridgehead atoms. The number of para-hydroxylation sites is 1. The number of aromatic amines is 1. The second kappa shape index (κ2) is 8.58. The Morgan fingerprint density at radius 1 is 1.21 bits per heavy atom. The molecule has 1 unspecified atom stereocenters. The molecule has 166 valence electrons. The number of carbonyl (C=O) groups is 2. The van der Waals surface area contributed by atoms with Crippen LogP contribution in [0.25, 0.3) is 10.9 Å². The van der Waals surface area contributed by atoms with E-state index in [0.717, 1.165) is 27.7 Å². The highest BCUT2D eigenvalue weighted by molar-refractivity contribution is 6.01. The van der Waals surface area contributed by atoms with Crippen LogP contribution in [-0.4, -0.2) is 33.4 Å². The monoisotopic (exact) mass is 439 g/mol. The van der Waals surface area contributed by atoms with Crippen molar-refractivity contribution in [3.8, 4) is 12.3 Å². The largest absolute Gasteiger partial charge is 0.361 e. The molecule has 0 spiro atoms. The van der Waals surface area contributed by atoms with Gasteiger partial charge in [0.15, 0.2) is 0 Å². The molecule has 1 saturated heterocycles. The molecule has 0 aliphatic carbocycles. The van der Waals surface area contributed by atoms with Gasteiger partial charge in [-0.15, -0.1) is 12.3 Å². The summed E-state index contributed by atoms with van der Waals surface area (Å²) in [5.74, 6) is 2.22. The van der Waals surface area contributed by atoms with E-state index in [9.17, 15) is 9.59 Å². The van der Waals surface area contributed by atoms with Crippen LogP contribution in [0.4, 0.5) is 5.69 Å². The van der Waals surface area contributed by atoms with Gasteiger partial charge in [0.1, 0.15) is 11.7 Å². The summed E-state index contributed by atoms with van der Waals surface area (Å²) in [6.45, 7) is 0.322. The highest BCUT2D eigenvalue weighted by Gasteiger charge is 2.39. The summed E-state index contributed by atoms with van der Waals surface area (Å²) in [5.41, 5.74) is 9.46. The number of rotatable bonds is 7. The van der Waals surface area contributed by atoms with Gasteiger partial charge in [-0.1, -0.05) is 24.3 Å². The van der Waals surface area contributed by atoms with Gasteiger partial charge < -0.3 is 15.2 Å². The minimum atomic E-state index is -0.610. The van der Waals surface area contributed by atoms with Gasteiger partial charge >= 0.3 is 0 Å². The Bertz CT molecular complexity index is 1280. The molecule has 2 aromatic carbocycles. The summed E-state index contributed by atoms with van der Waals surface area (Å²) in [6.07, 6.45) is 12.3. The first-order valence-corrected chi connectivity index (χ1v) is 11.0. The normalized spacial score (nSPS) is 18.5. The van der Waals surface area contributed by atoms with Gasteiger partial charge in [-0.25, -0.2) is 10.9 Å². The van der Waals surface area contributed by atoms with Crippen LogP contribution in [0, 0.1) is 12.3 Å². The van der Waals surface area contributed by atoms with Crippen LogP contribution in [0.3, 0.4) is 0 Å². The molecule has 3 aromatic rings. The average molecular weight is 440 g/mol. The van der Waals surface area contributed by atoms with Gasteiger partial charge in [0, 0.05) is 42.9 Å². The van der Waals surface area contributed by atoms with Crippen molar-refractivity contribution in [1.82, 2.24) is 20.7 Å². The second-order valence-corrected chi connectivity index (χ2v) is 8.49. The van der Waals surface area contributed by atoms with Crippen molar-refractivity contribution in [2.75, 3.05) is 5.32 Å². The predicted molar refractivity (Wildman–Crippen MR) is 128 cm³/mol. The Morgan fingerprint density at radius 2 is 2.06 bits per heavy atom. The third-order valence-corrected chi connectivity index (χ3v) is 6.24. The molecule has 3 heterocycles. The highest BCUT2D eigenvalue weighted by atomic mass is 16.2. The number of hydrogen-bond donors (Lipinski definition) is 4. The number of hydrazine groups is 1. The van der Waals surface area contributed by atoms with Crippen LogP contribution in [0.5, 0.6) is 0 Å². The summed E-state index contributed by atoms with van der Waals surface area (Å²) in [5, 5.41) is 4.02. The van der Waals surface area contributed by atoms with E-state index >= 15 is 0 Å². The summed E-state index contributed by atoms with van der Waals surface area (Å²) in [7, 11) is 0. The lowest BCUT2D eigenvalue weighted by molar-refractivity contribution is -0.135. The van der Waals surface area contributed by atoms with E-state index < -0.39 is 11.7 Å². The zero-order chi connectivity index (χ0) is 22.8. The molecule has 1 aromatic heterocycles. The Balaban J connectivity index is 1.43. The van der Waals surface area contributed by atoms with Gasteiger partial charge in [0.05, 0.1) is 0 Å². The standard InChI is InChI=1S/C26H25N5O2/c1-2-3-12-26(29-30-26)13-10-24(32)31(17-18-8-9-21-20(15-18)11-14-27-21)23-16-19-6-4-5-7-22(19)28-25(23)33/h1,4-11,13-15,23,27,29-30H,3,12,16-17H2,(H,28,33). The molecule has 33 heavy (non-hydrogen) atoms. The minimum absolute atomic E-state index is 0.178. The summed E-state index contributed by atoms with van der Waals surface area (Å²) < 4.78 is 0. The second-order valence-electron chi connectivity index (χ2n) is 8.49. The van der Waals surface area contributed by atoms with Crippen molar-refractivity contribution in [3.05, 3.63) is 78.0 Å². The fourth-order valence-corrected chi connectivity index (χ4v) is 4.28. The maximum absolute atomic E-state index is 13.4. The van der Waals surface area contributed by atoms with E-state index in [1.165, 1.54) is 6.08 Å². The molecule has 7 nitrogen and oxygen atoms in total. The van der Waals surface area contributed by atoms with E-state index in [-0.39, 0.29) is 11.8 Å². The first kappa shape index (κ1) is 21.0. The molecule has 1 atom stereocenters. The number of hydrogen-bond acceptors (Lipinski definition) is 4. The zero-order valence-electron chi connectivity index (χ0n) is 18.1. The molecule has 5 rings (SSSR count). The Kier molecular flexibility index (Phi) is 5.47. The van der Waals surface area contributed by atoms with Crippen molar-refractivity contribution in [2.24, 2.45) is 0 Å². The van der Waals surface area contributed by atoms with E-state index in [0.29, 0.717) is 25.8 Å². The molecule has 2 aliphatic heterocycles. The molecule has 4 N–H and O–H groups in total. The smallest absolute Gasteiger partial charge is 0.247 e. The lowest BCUT2D eigenvalue weighted by Crippen LogP contribution is -2.49. The zero-order valence-corrected chi connectivity index (χ0v) is 18.1. The third kappa shape index (κ3) is 4.40. The van der Waals surface area contributed by atoms with Crippen molar-refractivity contribution in [3.63, 3.8) is 0 Å². The molecule has 2 aliphatic rings. The summed E-state index contributed by atoms with van der Waals surface area (Å²) >= 11 is 0. The first-order valence-electron chi connectivity index (χ1n) is 11.0. The van der Waals surface area contributed by atoms with Gasteiger partial charge in [0.2, 0.25) is 11.8 Å². The van der Waals surface area contributed by atoms with Gasteiger partial charge in [-0.3, -0.25) is 9.59 Å². The van der Waals surface area contributed by atoms with Crippen LogP contribution in [0.15, 0.2) is 66.9 Å². The Hall–Kier alpha value is -3.86. The Labute approximate surface area is 192 Å².